The second kappa shape index (κ2) is 10.9. The molecule has 3 aliphatic carbocycles. The number of imide groups is 1. The summed E-state index contributed by atoms with van der Waals surface area (Å²) in [4.78, 5) is 67.2. The van der Waals surface area contributed by atoms with Crippen molar-refractivity contribution in [3.8, 4) is 0 Å². The van der Waals surface area contributed by atoms with Gasteiger partial charge in [0.2, 0.25) is 11.8 Å². The van der Waals surface area contributed by atoms with E-state index in [1.807, 2.05) is 48.5 Å². The highest BCUT2D eigenvalue weighted by Crippen LogP contribution is 2.61. The summed E-state index contributed by atoms with van der Waals surface area (Å²) in [6.45, 7) is -0.699. The quantitative estimate of drug-likeness (QED) is 0.187. The number of hydrazine groups is 1. The lowest BCUT2D eigenvalue weighted by Crippen LogP contribution is -2.43. The van der Waals surface area contributed by atoms with Crippen molar-refractivity contribution in [1.82, 2.24) is 10.9 Å². The first-order chi connectivity index (χ1) is 21.3. The number of esters is 1. The van der Waals surface area contributed by atoms with E-state index in [2.05, 4.69) is 26.8 Å². The third-order valence-electron chi connectivity index (χ3n) is 8.57. The monoisotopic (exact) mass is 649 g/mol. The predicted molar refractivity (Wildman–Crippen MR) is 163 cm³/mol. The predicted octanol–water partition coefficient (Wildman–Crippen LogP) is 4.46. The molecule has 10 heteroatoms. The smallest absolute Gasteiger partial charge is 0.340 e. The number of para-hydroxylation sites is 1. The number of benzene rings is 4. The van der Waals surface area contributed by atoms with Crippen LogP contribution in [0, 0.1) is 11.8 Å². The van der Waals surface area contributed by atoms with E-state index in [4.69, 9.17) is 4.74 Å². The number of hydrogen-bond acceptors (Lipinski definition) is 6. The first kappa shape index (κ1) is 27.7. The zero-order valence-corrected chi connectivity index (χ0v) is 24.6. The highest BCUT2D eigenvalue weighted by Gasteiger charge is 2.62. The molecule has 2 bridgehead atoms. The number of nitrogens with one attached hydrogen (secondary N) is 2. The fourth-order valence-electron chi connectivity index (χ4n) is 6.80. The van der Waals surface area contributed by atoms with Crippen LogP contribution in [0.5, 0.6) is 0 Å². The minimum absolute atomic E-state index is 0.0260. The summed E-state index contributed by atoms with van der Waals surface area (Å²) in [5.74, 6) is -4.73. The maximum Gasteiger partial charge on any atom is 0.340 e. The Morgan fingerprint density at radius 2 is 1.18 bits per heavy atom. The van der Waals surface area contributed by atoms with Crippen molar-refractivity contribution in [2.45, 2.75) is 11.8 Å². The van der Waals surface area contributed by atoms with Crippen molar-refractivity contribution in [3.63, 3.8) is 0 Å². The molecule has 0 aromatic heterocycles. The Morgan fingerprint density at radius 3 is 1.73 bits per heavy atom. The molecule has 218 valence electrons. The highest BCUT2D eigenvalue weighted by atomic mass is 79.9. The van der Waals surface area contributed by atoms with E-state index in [1.165, 1.54) is 12.1 Å². The number of carbonyl (C=O) groups excluding carboxylic acids is 5. The van der Waals surface area contributed by atoms with Crippen LogP contribution in [0.1, 0.15) is 54.8 Å². The van der Waals surface area contributed by atoms with Gasteiger partial charge in [-0.15, -0.1) is 0 Å². The summed E-state index contributed by atoms with van der Waals surface area (Å²) in [5, 5.41) is 0. The normalized spacial score (nSPS) is 20.8. The summed E-state index contributed by atoms with van der Waals surface area (Å²) in [7, 11) is 0. The van der Waals surface area contributed by atoms with Crippen LogP contribution in [0.4, 0.5) is 5.69 Å². The van der Waals surface area contributed by atoms with Crippen LogP contribution in [0.25, 0.3) is 0 Å². The summed E-state index contributed by atoms with van der Waals surface area (Å²) in [6.07, 6.45) is 0. The van der Waals surface area contributed by atoms with Crippen molar-refractivity contribution < 1.29 is 28.7 Å². The molecule has 4 amide bonds. The lowest BCUT2D eigenvalue weighted by molar-refractivity contribution is -0.125. The van der Waals surface area contributed by atoms with Gasteiger partial charge in [0.15, 0.2) is 6.61 Å². The lowest BCUT2D eigenvalue weighted by Gasteiger charge is -2.45. The molecule has 1 fully saturated rings. The average Bonchev–Trinajstić information content (AvgIpc) is 3.32. The topological polar surface area (TPSA) is 122 Å². The van der Waals surface area contributed by atoms with Gasteiger partial charge in [0.1, 0.15) is 0 Å². The van der Waals surface area contributed by atoms with Gasteiger partial charge in [-0.1, -0.05) is 76.6 Å². The summed E-state index contributed by atoms with van der Waals surface area (Å²) < 4.78 is 6.03. The molecule has 0 saturated carbocycles. The van der Waals surface area contributed by atoms with Crippen LogP contribution in [-0.4, -0.2) is 36.2 Å². The molecule has 9 nitrogen and oxygen atoms in total. The molecular formula is C34H24BrN3O6. The number of amides is 4. The van der Waals surface area contributed by atoms with Gasteiger partial charge < -0.3 is 4.74 Å². The second-order valence-electron chi connectivity index (χ2n) is 10.9. The third-order valence-corrected chi connectivity index (χ3v) is 9.10. The van der Waals surface area contributed by atoms with Crippen LogP contribution in [-0.2, 0) is 19.1 Å². The molecule has 2 N–H and O–H groups in total. The van der Waals surface area contributed by atoms with E-state index >= 15 is 0 Å². The van der Waals surface area contributed by atoms with Gasteiger partial charge in [-0.3, -0.25) is 30.0 Å². The van der Waals surface area contributed by atoms with Crippen LogP contribution < -0.4 is 15.8 Å². The Balaban J connectivity index is 1.10. The number of ether oxygens (including phenoxy) is 1. The Labute approximate surface area is 260 Å². The second-order valence-corrected chi connectivity index (χ2v) is 11.8. The van der Waals surface area contributed by atoms with E-state index in [1.54, 1.807) is 36.4 Å². The van der Waals surface area contributed by atoms with E-state index in [9.17, 15) is 24.0 Å². The number of hydrogen-bond donors (Lipinski definition) is 2. The van der Waals surface area contributed by atoms with Gasteiger partial charge in [0.05, 0.1) is 23.1 Å². The Hall–Kier alpha value is -5.09. The molecule has 4 aromatic carbocycles. The van der Waals surface area contributed by atoms with Crippen LogP contribution in [0.15, 0.2) is 102 Å². The van der Waals surface area contributed by atoms with E-state index in [0.29, 0.717) is 5.56 Å². The first-order valence-electron chi connectivity index (χ1n) is 14.0. The summed E-state index contributed by atoms with van der Waals surface area (Å²) >= 11 is 3.29. The zero-order valence-electron chi connectivity index (χ0n) is 23.0. The van der Waals surface area contributed by atoms with Crippen molar-refractivity contribution in [2.24, 2.45) is 11.8 Å². The van der Waals surface area contributed by atoms with Gasteiger partial charge in [0.25, 0.3) is 11.8 Å². The van der Waals surface area contributed by atoms with Crippen LogP contribution in [0.3, 0.4) is 0 Å². The molecule has 8 rings (SSSR count). The fourth-order valence-corrected chi connectivity index (χ4v) is 7.07. The van der Waals surface area contributed by atoms with Gasteiger partial charge in [-0.05, 0) is 58.7 Å². The van der Waals surface area contributed by atoms with Crippen molar-refractivity contribution >= 4 is 51.2 Å². The molecule has 4 aromatic rings. The Morgan fingerprint density at radius 1 is 0.682 bits per heavy atom. The van der Waals surface area contributed by atoms with Crippen LogP contribution in [0.2, 0.25) is 0 Å². The molecule has 0 radical (unpaired) electrons. The number of rotatable bonds is 5. The Kier molecular flexibility index (Phi) is 6.85. The highest BCUT2D eigenvalue weighted by molar-refractivity contribution is 9.10. The SMILES string of the molecule is O=C(COC(=O)c1ccccc1N1C(=O)[C@H]2C3c4ccccc4C(c4ccccc43)[C@@H]2C1=O)NNC(=O)c1ccc(Br)cc1. The third kappa shape index (κ3) is 4.41. The molecule has 4 aliphatic rings. The molecule has 1 heterocycles. The largest absolute Gasteiger partial charge is 0.452 e. The molecule has 0 unspecified atom stereocenters. The Bertz CT molecular complexity index is 1760. The standard InChI is InChI=1S/C34H24BrN3O6/c35-19-15-13-18(14-16-19)31(40)37-36-26(39)17-44-34(43)24-11-5-6-12-25(24)38-32(41)29-27-20-7-1-2-8-21(20)28(30(29)33(38)42)23-10-4-3-9-22(23)27/h1-16,27-30H,17H2,(H,36,39)(H,37,40)/t27?,28?,29-,30-/m0/s1. The van der Waals surface area contributed by atoms with Gasteiger partial charge in [0, 0.05) is 21.9 Å². The number of anilines is 1. The van der Waals surface area contributed by atoms with Gasteiger partial charge >= 0.3 is 5.97 Å². The van der Waals surface area contributed by atoms with E-state index in [0.717, 1.165) is 31.6 Å². The van der Waals surface area contributed by atoms with Crippen LogP contribution >= 0.6 is 15.9 Å². The van der Waals surface area contributed by atoms with E-state index in [-0.39, 0.29) is 34.9 Å². The lowest BCUT2D eigenvalue weighted by atomic mass is 9.55. The molecule has 1 aliphatic heterocycles. The average molecular weight is 650 g/mol. The van der Waals surface area contributed by atoms with Crippen molar-refractivity contribution in [2.75, 3.05) is 11.5 Å². The fraction of sp³-hybridized carbons (Fsp3) is 0.147. The number of halogens is 1. The van der Waals surface area contributed by atoms with Crippen molar-refractivity contribution in [1.29, 1.82) is 0 Å². The minimum Gasteiger partial charge on any atom is -0.452 e. The summed E-state index contributed by atoms with van der Waals surface area (Å²) in [6, 6.07) is 28.6. The van der Waals surface area contributed by atoms with Gasteiger partial charge in [-0.2, -0.15) is 0 Å². The number of carbonyl (C=O) groups is 5. The molecule has 0 spiro atoms. The maximum absolute atomic E-state index is 14.1. The molecule has 1 saturated heterocycles. The first-order valence-corrected chi connectivity index (χ1v) is 14.8. The van der Waals surface area contributed by atoms with E-state index < -0.39 is 36.2 Å². The van der Waals surface area contributed by atoms with Gasteiger partial charge in [-0.25, -0.2) is 9.69 Å². The van der Waals surface area contributed by atoms with Crippen molar-refractivity contribution in [3.05, 3.63) is 135 Å². The minimum atomic E-state index is -0.889. The molecular weight excluding hydrogens is 626 g/mol. The summed E-state index contributed by atoms with van der Waals surface area (Å²) in [5.41, 5.74) is 9.07. The molecule has 2 atom stereocenters. The zero-order chi connectivity index (χ0) is 30.5. The molecule has 44 heavy (non-hydrogen) atoms. The number of nitrogens with zero attached hydrogens (tertiary/aromatic N) is 1. The maximum atomic E-state index is 14.1.